The molecule has 2 saturated heterocycles. The Labute approximate surface area is 168 Å². The first-order valence-corrected chi connectivity index (χ1v) is 11.2. The third-order valence-corrected chi connectivity index (χ3v) is 7.48. The normalized spacial score (nSPS) is 25.3. The van der Waals surface area contributed by atoms with Crippen LogP contribution in [-0.4, -0.2) is 39.8 Å². The van der Waals surface area contributed by atoms with Gasteiger partial charge in [0.25, 0.3) is 5.91 Å². The zero-order valence-corrected chi connectivity index (χ0v) is 16.9. The van der Waals surface area contributed by atoms with Crippen molar-refractivity contribution in [1.82, 2.24) is 15.2 Å². The molecular formula is C21H25N3O3S. The molecule has 0 saturated carbocycles. The van der Waals surface area contributed by atoms with Crippen molar-refractivity contribution in [2.24, 2.45) is 0 Å². The summed E-state index contributed by atoms with van der Waals surface area (Å²) in [4.78, 5) is 32.3. The van der Waals surface area contributed by atoms with Crippen LogP contribution in [0.2, 0.25) is 0 Å². The zero-order valence-electron chi connectivity index (χ0n) is 16.1. The average Bonchev–Trinajstić information content (AvgIpc) is 3.46. The van der Waals surface area contributed by atoms with Crippen LogP contribution < -0.4 is 5.32 Å². The molecule has 0 aromatic carbocycles. The van der Waals surface area contributed by atoms with E-state index in [-0.39, 0.29) is 29.9 Å². The molecule has 0 spiro atoms. The Morgan fingerprint density at radius 1 is 1.36 bits per heavy atom. The summed E-state index contributed by atoms with van der Waals surface area (Å²) in [7, 11) is 0. The number of rotatable bonds is 5. The van der Waals surface area contributed by atoms with Crippen molar-refractivity contribution < 1.29 is 14.0 Å². The Hall–Kier alpha value is -2.15. The Balaban J connectivity index is 1.26. The number of fused-ring (bicyclic) bond motifs is 3. The van der Waals surface area contributed by atoms with E-state index in [0.717, 1.165) is 61.2 Å². The first-order valence-electron chi connectivity index (χ1n) is 10.3. The van der Waals surface area contributed by atoms with Crippen LogP contribution in [0.25, 0.3) is 0 Å². The minimum atomic E-state index is -0.125. The van der Waals surface area contributed by atoms with Gasteiger partial charge in [-0.1, -0.05) is 6.92 Å². The van der Waals surface area contributed by atoms with Gasteiger partial charge in [-0.3, -0.25) is 9.59 Å². The van der Waals surface area contributed by atoms with Crippen molar-refractivity contribution in [2.75, 3.05) is 0 Å². The lowest BCUT2D eigenvalue weighted by atomic mass is 9.95. The van der Waals surface area contributed by atoms with E-state index in [4.69, 9.17) is 4.42 Å². The molecule has 0 radical (unpaired) electrons. The predicted molar refractivity (Wildman–Crippen MR) is 105 cm³/mol. The standard InChI is InChI=1S/C21H25N3O3S/c1-2-18-22-13(11-28-18)8-19(25)24-14-6-7-17(24)16(9-14)23-21(26)20-15-5-3-4-12(15)10-27-20/h10-11,14,16-17H,2-9H2,1H3,(H,23,26)/t14-,16+,17+/m1/s1. The number of aryl methyl sites for hydroxylation is 2. The molecule has 1 aliphatic carbocycles. The van der Waals surface area contributed by atoms with Gasteiger partial charge in [0.05, 0.1) is 35.5 Å². The molecule has 3 aliphatic rings. The van der Waals surface area contributed by atoms with E-state index in [1.54, 1.807) is 17.6 Å². The third-order valence-electron chi connectivity index (χ3n) is 6.44. The molecule has 6 nitrogen and oxygen atoms in total. The molecule has 2 aromatic rings. The van der Waals surface area contributed by atoms with Crippen LogP contribution in [0.4, 0.5) is 0 Å². The average molecular weight is 400 g/mol. The Kier molecular flexibility index (Phi) is 4.50. The summed E-state index contributed by atoms with van der Waals surface area (Å²) in [6, 6.07) is 0.335. The Morgan fingerprint density at radius 2 is 2.25 bits per heavy atom. The molecule has 2 aliphatic heterocycles. The van der Waals surface area contributed by atoms with Crippen molar-refractivity contribution in [2.45, 2.75) is 76.4 Å². The largest absolute Gasteiger partial charge is 0.459 e. The summed E-state index contributed by atoms with van der Waals surface area (Å²) < 4.78 is 5.56. The molecule has 28 heavy (non-hydrogen) atoms. The lowest BCUT2D eigenvalue weighted by Crippen LogP contribution is -2.45. The molecule has 7 heteroatoms. The van der Waals surface area contributed by atoms with Gasteiger partial charge in [-0.05, 0) is 50.5 Å². The van der Waals surface area contributed by atoms with E-state index in [1.807, 2.05) is 10.3 Å². The van der Waals surface area contributed by atoms with Crippen molar-refractivity contribution >= 4 is 23.2 Å². The SMILES string of the molecule is CCc1nc(CC(=O)N2[C@@H]3CC[C@H]2[C@@H](NC(=O)c2occ4c2CCC4)C3)cs1. The highest BCUT2D eigenvalue weighted by Crippen LogP contribution is 2.38. The summed E-state index contributed by atoms with van der Waals surface area (Å²) in [6.07, 6.45) is 8.81. The Bertz CT molecular complexity index is 918. The monoisotopic (exact) mass is 399 g/mol. The smallest absolute Gasteiger partial charge is 0.287 e. The quantitative estimate of drug-likeness (QED) is 0.839. The van der Waals surface area contributed by atoms with Crippen molar-refractivity contribution in [3.8, 4) is 0 Å². The topological polar surface area (TPSA) is 75.4 Å². The molecule has 5 rings (SSSR count). The lowest BCUT2D eigenvalue weighted by Gasteiger charge is -2.24. The predicted octanol–water partition coefficient (Wildman–Crippen LogP) is 2.89. The first-order chi connectivity index (χ1) is 13.6. The summed E-state index contributed by atoms with van der Waals surface area (Å²) in [5.41, 5.74) is 3.11. The van der Waals surface area contributed by atoms with Crippen molar-refractivity contribution in [3.63, 3.8) is 0 Å². The van der Waals surface area contributed by atoms with Gasteiger partial charge >= 0.3 is 0 Å². The minimum Gasteiger partial charge on any atom is -0.459 e. The third kappa shape index (κ3) is 2.96. The molecule has 2 amide bonds. The number of hydrogen-bond acceptors (Lipinski definition) is 5. The molecule has 4 heterocycles. The first kappa shape index (κ1) is 17.9. The maximum Gasteiger partial charge on any atom is 0.287 e. The van der Waals surface area contributed by atoms with Crippen molar-refractivity contribution in [1.29, 1.82) is 0 Å². The molecule has 2 fully saturated rings. The lowest BCUT2D eigenvalue weighted by molar-refractivity contribution is -0.131. The van der Waals surface area contributed by atoms with Gasteiger partial charge in [0.15, 0.2) is 5.76 Å². The van der Waals surface area contributed by atoms with Gasteiger partial charge in [0.2, 0.25) is 5.91 Å². The molecule has 2 aromatic heterocycles. The van der Waals surface area contributed by atoms with E-state index >= 15 is 0 Å². The van der Waals surface area contributed by atoms with E-state index in [9.17, 15) is 9.59 Å². The number of nitrogens with one attached hydrogen (secondary N) is 1. The second-order valence-electron chi connectivity index (χ2n) is 8.10. The van der Waals surface area contributed by atoms with Gasteiger partial charge in [0, 0.05) is 17.0 Å². The molecule has 0 unspecified atom stereocenters. The van der Waals surface area contributed by atoms with Crippen LogP contribution in [-0.2, 0) is 30.5 Å². The fourth-order valence-corrected chi connectivity index (χ4v) is 5.90. The number of thiazole rings is 1. The molecule has 1 N–H and O–H groups in total. The van der Waals surface area contributed by atoms with Crippen LogP contribution >= 0.6 is 11.3 Å². The second kappa shape index (κ2) is 7.03. The zero-order chi connectivity index (χ0) is 19.3. The van der Waals surface area contributed by atoms with E-state index in [1.165, 1.54) is 5.56 Å². The number of amides is 2. The fourth-order valence-electron chi connectivity index (χ4n) is 5.15. The molecule has 148 valence electrons. The highest BCUT2D eigenvalue weighted by Gasteiger charge is 2.49. The van der Waals surface area contributed by atoms with Gasteiger partial charge in [-0.2, -0.15) is 0 Å². The van der Waals surface area contributed by atoms with E-state index in [2.05, 4.69) is 17.2 Å². The van der Waals surface area contributed by atoms with Gasteiger partial charge in [-0.15, -0.1) is 11.3 Å². The number of furan rings is 1. The maximum atomic E-state index is 12.9. The summed E-state index contributed by atoms with van der Waals surface area (Å²) >= 11 is 1.62. The maximum absolute atomic E-state index is 12.9. The van der Waals surface area contributed by atoms with Gasteiger partial charge in [-0.25, -0.2) is 4.98 Å². The van der Waals surface area contributed by atoms with Crippen LogP contribution in [0.1, 0.15) is 65.0 Å². The van der Waals surface area contributed by atoms with Crippen LogP contribution in [0.15, 0.2) is 16.1 Å². The van der Waals surface area contributed by atoms with Gasteiger partial charge in [0.1, 0.15) is 0 Å². The Morgan fingerprint density at radius 3 is 3.07 bits per heavy atom. The molecule has 3 atom stereocenters. The van der Waals surface area contributed by atoms with Crippen LogP contribution in [0.3, 0.4) is 0 Å². The van der Waals surface area contributed by atoms with E-state index in [0.29, 0.717) is 12.2 Å². The van der Waals surface area contributed by atoms with Crippen LogP contribution in [0.5, 0.6) is 0 Å². The van der Waals surface area contributed by atoms with E-state index < -0.39 is 0 Å². The number of nitrogens with zero attached hydrogens (tertiary/aromatic N) is 2. The number of aromatic nitrogens is 1. The molecular weight excluding hydrogens is 374 g/mol. The molecule has 2 bridgehead atoms. The number of hydrogen-bond donors (Lipinski definition) is 1. The second-order valence-corrected chi connectivity index (χ2v) is 9.04. The van der Waals surface area contributed by atoms with Gasteiger partial charge < -0.3 is 14.6 Å². The van der Waals surface area contributed by atoms with Crippen LogP contribution in [0, 0.1) is 0 Å². The highest BCUT2D eigenvalue weighted by molar-refractivity contribution is 7.09. The number of carbonyl (C=O) groups excluding carboxylic acids is 2. The fraction of sp³-hybridized carbons (Fsp3) is 0.571. The minimum absolute atomic E-state index is 0.0130. The summed E-state index contributed by atoms with van der Waals surface area (Å²) in [6.45, 7) is 2.08. The summed E-state index contributed by atoms with van der Waals surface area (Å²) in [5.74, 6) is 0.485. The summed E-state index contributed by atoms with van der Waals surface area (Å²) in [5, 5.41) is 6.23. The van der Waals surface area contributed by atoms with Crippen molar-refractivity contribution in [3.05, 3.63) is 39.2 Å². The highest BCUT2D eigenvalue weighted by atomic mass is 32.1. The number of carbonyl (C=O) groups is 2.